The molecule has 0 saturated carbocycles. The Morgan fingerprint density at radius 2 is 2.08 bits per heavy atom. The summed E-state index contributed by atoms with van der Waals surface area (Å²) in [5, 5.41) is 0. The Hall–Kier alpha value is -0.160. The summed E-state index contributed by atoms with van der Waals surface area (Å²) in [5.74, 6) is 0. The summed E-state index contributed by atoms with van der Waals surface area (Å²) in [4.78, 5) is 2.46. The zero-order chi connectivity index (χ0) is 9.52. The van der Waals surface area contributed by atoms with E-state index in [9.17, 15) is 0 Å². The Bertz CT molecular complexity index is 124. The van der Waals surface area contributed by atoms with Gasteiger partial charge in [0.1, 0.15) is 0 Å². The lowest BCUT2D eigenvalue weighted by molar-refractivity contribution is 0.124. The van der Waals surface area contributed by atoms with Gasteiger partial charge in [-0.15, -0.1) is 0 Å². The van der Waals surface area contributed by atoms with Crippen molar-refractivity contribution in [3.63, 3.8) is 0 Å². The fourth-order valence-corrected chi connectivity index (χ4v) is 1.73. The zero-order valence-corrected chi connectivity index (χ0v) is 8.68. The average Bonchev–Trinajstić information content (AvgIpc) is 2.17. The van der Waals surface area contributed by atoms with Crippen molar-refractivity contribution in [3.05, 3.63) is 0 Å². The minimum atomic E-state index is 0.642. The van der Waals surface area contributed by atoms with Crippen LogP contribution in [-0.2, 0) is 4.74 Å². The number of piperidine rings is 1. The summed E-state index contributed by atoms with van der Waals surface area (Å²) in [7, 11) is 3.69. The van der Waals surface area contributed by atoms with E-state index in [0.717, 1.165) is 13.2 Å². The van der Waals surface area contributed by atoms with E-state index in [4.69, 9.17) is 4.74 Å². The van der Waals surface area contributed by atoms with Crippen molar-refractivity contribution in [2.24, 2.45) is 0 Å². The monoisotopic (exact) mass is 187 g/mol. The molecule has 1 fully saturated rings. The van der Waals surface area contributed by atoms with E-state index >= 15 is 0 Å². The average molecular weight is 187 g/mol. The third-order valence-electron chi connectivity index (χ3n) is 2.55. The number of hydrogen-bond donors (Lipinski definition) is 2. The van der Waals surface area contributed by atoms with Crippen molar-refractivity contribution in [3.8, 4) is 0 Å². The van der Waals surface area contributed by atoms with Gasteiger partial charge >= 0.3 is 0 Å². The van der Waals surface area contributed by atoms with Crippen LogP contribution < -0.4 is 10.9 Å². The lowest BCUT2D eigenvalue weighted by Crippen LogP contribution is -2.47. The van der Waals surface area contributed by atoms with E-state index in [2.05, 4.69) is 15.8 Å². The summed E-state index contributed by atoms with van der Waals surface area (Å²) in [5.41, 5.74) is 6.26. The molecule has 0 radical (unpaired) electrons. The maximum atomic E-state index is 5.05. The number of nitrogens with zero attached hydrogens (tertiary/aromatic N) is 1. The third kappa shape index (κ3) is 4.04. The molecule has 0 unspecified atom stereocenters. The highest BCUT2D eigenvalue weighted by atomic mass is 16.5. The van der Waals surface area contributed by atoms with Crippen LogP contribution >= 0.6 is 0 Å². The summed E-state index contributed by atoms with van der Waals surface area (Å²) in [6.45, 7) is 4.29. The SMILES string of the molecule is CNNC1CCN(CCOC)CC1. The molecule has 1 aliphatic heterocycles. The van der Waals surface area contributed by atoms with E-state index < -0.39 is 0 Å². The van der Waals surface area contributed by atoms with Crippen LogP contribution in [0.5, 0.6) is 0 Å². The first-order chi connectivity index (χ1) is 6.36. The van der Waals surface area contributed by atoms with Crippen LogP contribution in [0.1, 0.15) is 12.8 Å². The molecule has 0 aromatic heterocycles. The molecule has 1 rings (SSSR count). The maximum Gasteiger partial charge on any atom is 0.0589 e. The number of hydrazine groups is 1. The van der Waals surface area contributed by atoms with Crippen molar-refractivity contribution >= 4 is 0 Å². The second-order valence-electron chi connectivity index (χ2n) is 3.50. The van der Waals surface area contributed by atoms with Gasteiger partial charge in [0.15, 0.2) is 0 Å². The van der Waals surface area contributed by atoms with E-state index in [0.29, 0.717) is 6.04 Å². The van der Waals surface area contributed by atoms with Gasteiger partial charge in [-0.1, -0.05) is 0 Å². The minimum Gasteiger partial charge on any atom is -0.383 e. The molecule has 1 saturated heterocycles. The molecule has 2 N–H and O–H groups in total. The molecule has 0 aromatic rings. The van der Waals surface area contributed by atoms with E-state index in [1.54, 1.807) is 7.11 Å². The Kier molecular flexibility index (Phi) is 5.31. The Morgan fingerprint density at radius 1 is 1.38 bits per heavy atom. The zero-order valence-electron chi connectivity index (χ0n) is 8.68. The molecule has 13 heavy (non-hydrogen) atoms. The molecular formula is C9H21N3O. The molecule has 1 heterocycles. The highest BCUT2D eigenvalue weighted by Gasteiger charge is 2.17. The first-order valence-corrected chi connectivity index (χ1v) is 5.00. The number of nitrogens with one attached hydrogen (secondary N) is 2. The van der Waals surface area contributed by atoms with Crippen molar-refractivity contribution in [1.82, 2.24) is 15.8 Å². The van der Waals surface area contributed by atoms with Gasteiger partial charge in [-0.05, 0) is 33.0 Å². The number of rotatable bonds is 5. The first kappa shape index (κ1) is 10.9. The van der Waals surface area contributed by atoms with Crippen LogP contribution in [0.25, 0.3) is 0 Å². The molecule has 4 nitrogen and oxygen atoms in total. The van der Waals surface area contributed by atoms with Gasteiger partial charge in [-0.2, -0.15) is 0 Å². The first-order valence-electron chi connectivity index (χ1n) is 5.00. The second kappa shape index (κ2) is 6.32. The standard InChI is InChI=1S/C9H21N3O/c1-10-11-9-3-5-12(6-4-9)7-8-13-2/h9-11H,3-8H2,1-2H3. The normalized spacial score (nSPS) is 20.8. The van der Waals surface area contributed by atoms with Crippen LogP contribution in [-0.4, -0.2) is 51.3 Å². The Morgan fingerprint density at radius 3 is 2.62 bits per heavy atom. The Balaban J connectivity index is 2.08. The Labute approximate surface area is 80.6 Å². The molecule has 0 spiro atoms. The molecule has 1 aliphatic rings. The number of methoxy groups -OCH3 is 1. The lowest BCUT2D eigenvalue weighted by Gasteiger charge is -2.31. The van der Waals surface area contributed by atoms with Gasteiger partial charge < -0.3 is 9.64 Å². The fourth-order valence-electron chi connectivity index (χ4n) is 1.73. The van der Waals surface area contributed by atoms with Gasteiger partial charge in [0, 0.05) is 19.7 Å². The summed E-state index contributed by atoms with van der Waals surface area (Å²) >= 11 is 0. The largest absolute Gasteiger partial charge is 0.383 e. The third-order valence-corrected chi connectivity index (χ3v) is 2.55. The molecule has 4 heteroatoms. The van der Waals surface area contributed by atoms with Gasteiger partial charge in [-0.3, -0.25) is 10.9 Å². The van der Waals surface area contributed by atoms with Crippen LogP contribution in [0.15, 0.2) is 0 Å². The van der Waals surface area contributed by atoms with Crippen LogP contribution in [0, 0.1) is 0 Å². The number of likely N-dealkylation sites (tertiary alicyclic amines) is 1. The van der Waals surface area contributed by atoms with Crippen LogP contribution in [0.3, 0.4) is 0 Å². The van der Waals surface area contributed by atoms with Crippen molar-refractivity contribution in [2.75, 3.05) is 40.4 Å². The van der Waals surface area contributed by atoms with Gasteiger partial charge in [0.25, 0.3) is 0 Å². The number of ether oxygens (including phenoxy) is 1. The quantitative estimate of drug-likeness (QED) is 0.586. The fraction of sp³-hybridized carbons (Fsp3) is 1.00. The van der Waals surface area contributed by atoms with Crippen molar-refractivity contribution < 1.29 is 4.74 Å². The molecular weight excluding hydrogens is 166 g/mol. The predicted octanol–water partition coefficient (Wildman–Crippen LogP) is -0.179. The smallest absolute Gasteiger partial charge is 0.0589 e. The van der Waals surface area contributed by atoms with Gasteiger partial charge in [0.2, 0.25) is 0 Å². The van der Waals surface area contributed by atoms with E-state index in [-0.39, 0.29) is 0 Å². The topological polar surface area (TPSA) is 36.5 Å². The predicted molar refractivity (Wildman–Crippen MR) is 53.5 cm³/mol. The summed E-state index contributed by atoms with van der Waals surface area (Å²) in [6, 6.07) is 0.642. The minimum absolute atomic E-state index is 0.642. The van der Waals surface area contributed by atoms with Crippen molar-refractivity contribution in [1.29, 1.82) is 0 Å². The van der Waals surface area contributed by atoms with Crippen molar-refractivity contribution in [2.45, 2.75) is 18.9 Å². The van der Waals surface area contributed by atoms with Gasteiger partial charge in [0.05, 0.1) is 6.61 Å². The molecule has 0 amide bonds. The highest BCUT2D eigenvalue weighted by Crippen LogP contribution is 2.08. The molecule has 78 valence electrons. The summed E-state index contributed by atoms with van der Waals surface area (Å²) < 4.78 is 5.05. The van der Waals surface area contributed by atoms with Gasteiger partial charge in [-0.25, -0.2) is 0 Å². The van der Waals surface area contributed by atoms with Crippen LogP contribution in [0.2, 0.25) is 0 Å². The van der Waals surface area contributed by atoms with E-state index in [1.165, 1.54) is 25.9 Å². The molecule has 0 aliphatic carbocycles. The second-order valence-corrected chi connectivity index (χ2v) is 3.50. The highest BCUT2D eigenvalue weighted by molar-refractivity contribution is 4.75. The van der Waals surface area contributed by atoms with Crippen LogP contribution in [0.4, 0.5) is 0 Å². The lowest BCUT2D eigenvalue weighted by atomic mass is 10.1. The number of hydrogen-bond acceptors (Lipinski definition) is 4. The van der Waals surface area contributed by atoms with E-state index in [1.807, 2.05) is 7.05 Å². The molecule has 0 atom stereocenters. The maximum absolute atomic E-state index is 5.05. The molecule has 0 bridgehead atoms. The summed E-state index contributed by atoms with van der Waals surface area (Å²) in [6.07, 6.45) is 2.45. The molecule has 0 aromatic carbocycles.